The normalized spacial score (nSPS) is 12.0. The Morgan fingerprint density at radius 2 is 1.58 bits per heavy atom. The minimum absolute atomic E-state index is 0.0238. The van der Waals surface area contributed by atoms with Crippen LogP contribution in [-0.2, 0) is 6.42 Å². The molecule has 0 fully saturated rings. The van der Waals surface area contributed by atoms with Crippen LogP contribution in [0.25, 0.3) is 10.9 Å². The number of carbonyl (C=O) groups is 1. The molecule has 1 aromatic heterocycles. The summed E-state index contributed by atoms with van der Waals surface area (Å²) in [6.45, 7) is 2.08. The molecule has 31 heavy (non-hydrogen) atoms. The first-order valence-corrected chi connectivity index (χ1v) is 11.4. The molecular formula is C26H24N2O2S. The van der Waals surface area contributed by atoms with Crippen LogP contribution < -0.4 is 5.56 Å². The number of ketones is 1. The summed E-state index contributed by atoms with van der Waals surface area (Å²) in [5.41, 5.74) is 2.45. The first kappa shape index (κ1) is 21.1. The third-order valence-electron chi connectivity index (χ3n) is 5.35. The van der Waals surface area contributed by atoms with E-state index >= 15 is 0 Å². The number of benzene rings is 3. The Hall–Kier alpha value is -3.18. The van der Waals surface area contributed by atoms with Gasteiger partial charge in [-0.1, -0.05) is 91.5 Å². The van der Waals surface area contributed by atoms with E-state index in [-0.39, 0.29) is 23.1 Å². The van der Waals surface area contributed by atoms with Crippen molar-refractivity contribution in [3.63, 3.8) is 0 Å². The zero-order chi connectivity index (χ0) is 21.6. The first-order chi connectivity index (χ1) is 15.2. The van der Waals surface area contributed by atoms with E-state index in [0.29, 0.717) is 21.6 Å². The van der Waals surface area contributed by atoms with E-state index in [1.165, 1.54) is 17.3 Å². The highest BCUT2D eigenvalue weighted by atomic mass is 32.2. The maximum Gasteiger partial charge on any atom is 0.262 e. The van der Waals surface area contributed by atoms with Crippen molar-refractivity contribution in [2.24, 2.45) is 0 Å². The van der Waals surface area contributed by atoms with Crippen molar-refractivity contribution in [3.05, 3.63) is 106 Å². The lowest BCUT2D eigenvalue weighted by atomic mass is 10.0. The van der Waals surface area contributed by atoms with Gasteiger partial charge in [0.25, 0.3) is 5.56 Å². The number of para-hydroxylation sites is 1. The van der Waals surface area contributed by atoms with Crippen LogP contribution in [0.1, 0.15) is 35.3 Å². The van der Waals surface area contributed by atoms with Crippen LogP contribution in [0.5, 0.6) is 0 Å². The lowest BCUT2D eigenvalue weighted by Crippen LogP contribution is -2.29. The van der Waals surface area contributed by atoms with E-state index in [2.05, 4.69) is 19.1 Å². The van der Waals surface area contributed by atoms with Crippen molar-refractivity contribution in [2.75, 3.05) is 5.75 Å². The Balaban J connectivity index is 1.72. The van der Waals surface area contributed by atoms with E-state index in [4.69, 9.17) is 4.98 Å². The average Bonchev–Trinajstić information content (AvgIpc) is 2.83. The number of carbonyl (C=O) groups excluding carboxylic acids is 1. The molecule has 0 unspecified atom stereocenters. The van der Waals surface area contributed by atoms with E-state index < -0.39 is 0 Å². The van der Waals surface area contributed by atoms with Gasteiger partial charge in [0.05, 0.1) is 16.7 Å². The number of thioether (sulfide) groups is 1. The highest BCUT2D eigenvalue weighted by Crippen LogP contribution is 2.25. The Bertz CT molecular complexity index is 1240. The fraction of sp³-hybridized carbons (Fsp3) is 0.192. The summed E-state index contributed by atoms with van der Waals surface area (Å²) in [4.78, 5) is 30.9. The van der Waals surface area contributed by atoms with Crippen LogP contribution in [0.15, 0.2) is 94.9 Å². The van der Waals surface area contributed by atoms with Gasteiger partial charge >= 0.3 is 0 Å². The highest BCUT2D eigenvalue weighted by molar-refractivity contribution is 7.99. The monoisotopic (exact) mass is 428 g/mol. The topological polar surface area (TPSA) is 52.0 Å². The fourth-order valence-electron chi connectivity index (χ4n) is 3.69. The Morgan fingerprint density at radius 3 is 2.29 bits per heavy atom. The summed E-state index contributed by atoms with van der Waals surface area (Å²) in [7, 11) is 0. The van der Waals surface area contributed by atoms with Crippen LogP contribution in [0.3, 0.4) is 0 Å². The van der Waals surface area contributed by atoms with Gasteiger partial charge in [0.2, 0.25) is 0 Å². The van der Waals surface area contributed by atoms with Crippen molar-refractivity contribution in [2.45, 2.75) is 31.0 Å². The Kier molecular flexibility index (Phi) is 6.63. The maximum absolute atomic E-state index is 13.5. The van der Waals surface area contributed by atoms with E-state index in [1.807, 2.05) is 72.8 Å². The zero-order valence-electron chi connectivity index (χ0n) is 17.4. The number of Topliss-reactive ketones (excluding diaryl/α,β-unsaturated/α-hetero) is 1. The van der Waals surface area contributed by atoms with Gasteiger partial charge < -0.3 is 0 Å². The molecule has 0 saturated carbocycles. The van der Waals surface area contributed by atoms with Crippen molar-refractivity contribution < 1.29 is 4.79 Å². The fourth-order valence-corrected chi connectivity index (χ4v) is 4.65. The summed E-state index contributed by atoms with van der Waals surface area (Å²) in [5.74, 6) is 0.256. The molecule has 156 valence electrons. The molecule has 3 aromatic carbocycles. The number of fused-ring (bicyclic) bond motifs is 1. The summed E-state index contributed by atoms with van der Waals surface area (Å²) in [6.07, 6.45) is 1.52. The molecule has 0 amide bonds. The number of hydrogen-bond donors (Lipinski definition) is 0. The van der Waals surface area contributed by atoms with Gasteiger partial charge in [-0.25, -0.2) is 4.98 Å². The smallest absolute Gasteiger partial charge is 0.262 e. The lowest BCUT2D eigenvalue weighted by molar-refractivity contribution is 0.102. The van der Waals surface area contributed by atoms with Crippen molar-refractivity contribution in [1.82, 2.24) is 9.55 Å². The molecule has 0 radical (unpaired) electrons. The van der Waals surface area contributed by atoms with E-state index in [9.17, 15) is 9.59 Å². The molecule has 0 bridgehead atoms. The van der Waals surface area contributed by atoms with Crippen molar-refractivity contribution >= 4 is 28.4 Å². The van der Waals surface area contributed by atoms with E-state index in [1.54, 1.807) is 4.57 Å². The molecular weight excluding hydrogens is 404 g/mol. The standard InChI is InChI=1S/C26H24N2O2S/c1-2-21(17-19-11-5-3-6-12-19)28-25(30)22-15-9-10-16-23(22)27-26(28)31-18-24(29)20-13-7-4-8-14-20/h3-16,21H,2,17-18H2,1H3/t21-/m0/s1. The second kappa shape index (κ2) is 9.75. The van der Waals surface area contributed by atoms with Crippen LogP contribution in [0, 0.1) is 0 Å². The Labute approximate surface area is 186 Å². The van der Waals surface area contributed by atoms with Crippen molar-refractivity contribution in [3.8, 4) is 0 Å². The van der Waals surface area contributed by atoms with Crippen LogP contribution in [0.4, 0.5) is 0 Å². The van der Waals surface area contributed by atoms with Gasteiger partial charge in [0.1, 0.15) is 0 Å². The number of aromatic nitrogens is 2. The minimum atomic E-state index is -0.0527. The highest BCUT2D eigenvalue weighted by Gasteiger charge is 2.20. The third-order valence-corrected chi connectivity index (χ3v) is 6.31. The summed E-state index contributed by atoms with van der Waals surface area (Å²) < 4.78 is 1.79. The largest absolute Gasteiger partial charge is 0.293 e. The zero-order valence-corrected chi connectivity index (χ0v) is 18.2. The Morgan fingerprint density at radius 1 is 0.935 bits per heavy atom. The van der Waals surface area contributed by atoms with Crippen LogP contribution >= 0.6 is 11.8 Å². The van der Waals surface area contributed by atoms with Crippen LogP contribution in [-0.4, -0.2) is 21.1 Å². The molecule has 0 aliphatic heterocycles. The quantitative estimate of drug-likeness (QED) is 0.209. The summed E-state index contributed by atoms with van der Waals surface area (Å²) in [6, 6.07) is 26.8. The molecule has 1 heterocycles. The molecule has 0 saturated heterocycles. The molecule has 5 heteroatoms. The van der Waals surface area contributed by atoms with Gasteiger partial charge in [-0.2, -0.15) is 0 Å². The predicted octanol–water partition coefficient (Wildman–Crippen LogP) is 5.57. The van der Waals surface area contributed by atoms with Gasteiger partial charge in [0.15, 0.2) is 10.9 Å². The second-order valence-electron chi connectivity index (χ2n) is 7.42. The molecule has 4 aromatic rings. The van der Waals surface area contributed by atoms with Gasteiger partial charge in [0, 0.05) is 11.6 Å². The molecule has 0 aliphatic carbocycles. The van der Waals surface area contributed by atoms with Gasteiger partial charge in [-0.15, -0.1) is 0 Å². The molecule has 4 rings (SSSR count). The maximum atomic E-state index is 13.5. The minimum Gasteiger partial charge on any atom is -0.293 e. The number of hydrogen-bond acceptors (Lipinski definition) is 4. The molecule has 0 N–H and O–H groups in total. The second-order valence-corrected chi connectivity index (χ2v) is 8.36. The lowest BCUT2D eigenvalue weighted by Gasteiger charge is -2.22. The number of rotatable bonds is 8. The molecule has 4 nitrogen and oxygen atoms in total. The SMILES string of the molecule is CC[C@@H](Cc1ccccc1)n1c(SCC(=O)c2ccccc2)nc2ccccc2c1=O. The summed E-state index contributed by atoms with van der Waals surface area (Å²) >= 11 is 1.34. The molecule has 0 aliphatic rings. The van der Waals surface area contributed by atoms with Gasteiger partial charge in [-0.3, -0.25) is 14.2 Å². The molecule has 0 spiro atoms. The first-order valence-electron chi connectivity index (χ1n) is 10.4. The van der Waals surface area contributed by atoms with Gasteiger partial charge in [-0.05, 0) is 30.5 Å². The van der Waals surface area contributed by atoms with E-state index in [0.717, 1.165) is 12.8 Å². The predicted molar refractivity (Wildman–Crippen MR) is 127 cm³/mol. The third kappa shape index (κ3) is 4.78. The summed E-state index contributed by atoms with van der Waals surface area (Å²) in [5, 5.41) is 1.20. The van der Waals surface area contributed by atoms with Crippen molar-refractivity contribution in [1.29, 1.82) is 0 Å². The molecule has 1 atom stereocenters. The average molecular weight is 429 g/mol. The van der Waals surface area contributed by atoms with Crippen LogP contribution in [0.2, 0.25) is 0 Å². The number of nitrogens with zero attached hydrogens (tertiary/aromatic N) is 2.